The number of amides is 2. The second-order valence-corrected chi connectivity index (χ2v) is 11.5. The maximum atomic E-state index is 14.6. The highest BCUT2D eigenvalue weighted by Gasteiger charge is 2.36. The minimum Gasteiger partial charge on any atom is -0.444 e. The molecule has 0 aliphatic carbocycles. The van der Waals surface area contributed by atoms with Crippen molar-refractivity contribution in [3.63, 3.8) is 0 Å². The summed E-state index contributed by atoms with van der Waals surface area (Å²) in [6.07, 6.45) is 4.65. The van der Waals surface area contributed by atoms with Crippen LogP contribution in [0.15, 0.2) is 36.8 Å². The molecule has 11 heteroatoms. The number of carbonyl (C=O) groups excluding carboxylic acids is 2. The Hall–Kier alpha value is -4.28. The number of ether oxygens (including phenoxy) is 1. The highest BCUT2D eigenvalue weighted by molar-refractivity contribution is 6.13. The van der Waals surface area contributed by atoms with Crippen LogP contribution in [0.1, 0.15) is 56.4 Å². The third-order valence-electron chi connectivity index (χ3n) is 6.79. The maximum Gasteiger partial charge on any atom is 0.410 e. The summed E-state index contributed by atoms with van der Waals surface area (Å²) in [5, 5.41) is 2.79. The molecule has 2 atom stereocenters. The minimum absolute atomic E-state index is 0.119. The van der Waals surface area contributed by atoms with Crippen molar-refractivity contribution >= 4 is 40.1 Å². The fourth-order valence-electron chi connectivity index (χ4n) is 5.25. The summed E-state index contributed by atoms with van der Waals surface area (Å²) in [5.41, 5.74) is 3.42. The van der Waals surface area contributed by atoms with Crippen molar-refractivity contribution in [2.24, 2.45) is 0 Å². The monoisotopic (exact) mass is 547 g/mol. The van der Waals surface area contributed by atoms with E-state index in [-0.39, 0.29) is 23.8 Å². The number of anilines is 2. The van der Waals surface area contributed by atoms with Crippen molar-refractivity contribution in [2.45, 2.75) is 66.2 Å². The highest BCUT2D eigenvalue weighted by atomic mass is 19.1. The second-order valence-electron chi connectivity index (χ2n) is 11.5. The van der Waals surface area contributed by atoms with Crippen LogP contribution in [0.4, 0.5) is 20.6 Å². The maximum absolute atomic E-state index is 14.6. The van der Waals surface area contributed by atoms with Crippen molar-refractivity contribution in [1.82, 2.24) is 24.3 Å². The van der Waals surface area contributed by atoms with Gasteiger partial charge >= 0.3 is 6.09 Å². The van der Waals surface area contributed by atoms with Crippen LogP contribution in [0, 0.1) is 19.7 Å². The van der Waals surface area contributed by atoms with Gasteiger partial charge in [0.15, 0.2) is 11.5 Å². The largest absolute Gasteiger partial charge is 0.444 e. The van der Waals surface area contributed by atoms with Gasteiger partial charge in [-0.15, -0.1) is 0 Å². The summed E-state index contributed by atoms with van der Waals surface area (Å²) in [5.74, 6) is -0.959. The second kappa shape index (κ2) is 10.0. The van der Waals surface area contributed by atoms with Gasteiger partial charge in [-0.05, 0) is 60.6 Å². The van der Waals surface area contributed by atoms with Gasteiger partial charge in [0.05, 0.1) is 40.4 Å². The first-order valence-corrected chi connectivity index (χ1v) is 13.3. The molecule has 3 aromatic heterocycles. The summed E-state index contributed by atoms with van der Waals surface area (Å²) >= 11 is 0. The van der Waals surface area contributed by atoms with E-state index in [1.807, 2.05) is 47.6 Å². The van der Waals surface area contributed by atoms with Crippen molar-refractivity contribution in [3.8, 4) is 0 Å². The number of aromatic nitrogens is 4. The minimum atomic E-state index is -0.580. The molecule has 4 aromatic rings. The molecular formula is C29H34FN7O3. The van der Waals surface area contributed by atoms with Gasteiger partial charge < -0.3 is 19.4 Å². The Balaban J connectivity index is 1.44. The first kappa shape index (κ1) is 27.3. The van der Waals surface area contributed by atoms with Crippen molar-refractivity contribution in [1.29, 1.82) is 0 Å². The first-order valence-electron chi connectivity index (χ1n) is 13.3. The highest BCUT2D eigenvalue weighted by Crippen LogP contribution is 2.31. The number of aryl methyl sites for hydroxylation is 2. The normalized spacial score (nSPS) is 17.9. The van der Waals surface area contributed by atoms with Crippen LogP contribution in [0.2, 0.25) is 0 Å². The van der Waals surface area contributed by atoms with E-state index in [9.17, 15) is 14.0 Å². The molecule has 4 heterocycles. The summed E-state index contributed by atoms with van der Waals surface area (Å²) in [6.45, 7) is 14.3. The summed E-state index contributed by atoms with van der Waals surface area (Å²) in [7, 11) is 0. The number of pyridine rings is 1. The number of carbonyl (C=O) groups is 2. The van der Waals surface area contributed by atoms with E-state index < -0.39 is 17.3 Å². The van der Waals surface area contributed by atoms with Crippen LogP contribution in [0.25, 0.3) is 16.7 Å². The molecule has 0 saturated carbocycles. The lowest BCUT2D eigenvalue weighted by Crippen LogP contribution is -2.59. The SMILES string of the molecule is Cc1cnc2c(N3C[C@@H](C)N(C(=O)OC(C)(C)C)[C@@H](C)C3)ccc(C(=O)Nc3cc(F)c4nc(C)cn4c3)c2n1. The molecule has 1 fully saturated rings. The molecule has 1 saturated heterocycles. The lowest BCUT2D eigenvalue weighted by atomic mass is 10.0. The number of piperazine rings is 1. The molecule has 1 N–H and O–H groups in total. The number of nitrogens with one attached hydrogen (secondary N) is 1. The zero-order valence-corrected chi connectivity index (χ0v) is 23.8. The Morgan fingerprint density at radius 2 is 1.73 bits per heavy atom. The predicted molar refractivity (Wildman–Crippen MR) is 151 cm³/mol. The Morgan fingerprint density at radius 3 is 2.40 bits per heavy atom. The summed E-state index contributed by atoms with van der Waals surface area (Å²) in [6, 6.07) is 4.58. The molecule has 2 amide bonds. The molecule has 1 aliphatic rings. The van der Waals surface area contributed by atoms with Crippen LogP contribution in [0.5, 0.6) is 0 Å². The number of rotatable bonds is 3. The lowest BCUT2D eigenvalue weighted by molar-refractivity contribution is 0.00566. The molecule has 1 aliphatic heterocycles. The van der Waals surface area contributed by atoms with E-state index in [2.05, 4.69) is 25.2 Å². The Bertz CT molecular complexity index is 1620. The van der Waals surface area contributed by atoms with Gasteiger partial charge in [-0.25, -0.2) is 19.2 Å². The number of hydrogen-bond donors (Lipinski definition) is 1. The quantitative estimate of drug-likeness (QED) is 0.380. The standard InChI is InChI=1S/C29H34FN7O3/c1-16-11-31-25-23(35-13-18(3)37(19(4)14-35)28(39)40-29(5,6)7)9-8-21(24(25)32-16)27(38)34-20-10-22(30)26-33-17(2)12-36(26)15-20/h8-12,15,18-19H,13-14H2,1-7H3,(H,34,38)/t18-,19+. The van der Waals surface area contributed by atoms with Crippen molar-refractivity contribution < 1.29 is 18.7 Å². The van der Waals surface area contributed by atoms with E-state index in [0.717, 1.165) is 5.69 Å². The topological polar surface area (TPSA) is 105 Å². The smallest absolute Gasteiger partial charge is 0.410 e. The fourth-order valence-corrected chi connectivity index (χ4v) is 5.25. The number of nitrogens with zero attached hydrogens (tertiary/aromatic N) is 6. The molecule has 5 rings (SSSR count). The molecule has 0 unspecified atom stereocenters. The lowest BCUT2D eigenvalue weighted by Gasteiger charge is -2.45. The van der Waals surface area contributed by atoms with Gasteiger partial charge in [-0.2, -0.15) is 0 Å². The molecular weight excluding hydrogens is 513 g/mol. The van der Waals surface area contributed by atoms with Gasteiger partial charge in [-0.3, -0.25) is 14.7 Å². The molecule has 40 heavy (non-hydrogen) atoms. The van der Waals surface area contributed by atoms with Crippen molar-refractivity contribution in [3.05, 3.63) is 59.6 Å². The van der Waals surface area contributed by atoms with Gasteiger partial charge in [-0.1, -0.05) is 0 Å². The molecule has 0 radical (unpaired) electrons. The van der Waals surface area contributed by atoms with Crippen LogP contribution in [-0.4, -0.2) is 67.0 Å². The van der Waals surface area contributed by atoms with Gasteiger partial charge in [0, 0.05) is 37.7 Å². The number of fused-ring (bicyclic) bond motifs is 2. The fraction of sp³-hybridized carbons (Fsp3) is 0.414. The zero-order valence-electron chi connectivity index (χ0n) is 23.8. The number of imidazole rings is 1. The summed E-state index contributed by atoms with van der Waals surface area (Å²) in [4.78, 5) is 43.7. The molecule has 1 aromatic carbocycles. The number of halogens is 1. The molecule has 10 nitrogen and oxygen atoms in total. The molecule has 0 spiro atoms. The molecule has 210 valence electrons. The Morgan fingerprint density at radius 1 is 1.02 bits per heavy atom. The van der Waals surface area contributed by atoms with Gasteiger partial charge in [0.1, 0.15) is 16.6 Å². The molecule has 0 bridgehead atoms. The first-order chi connectivity index (χ1) is 18.8. The van der Waals surface area contributed by atoms with E-state index >= 15 is 0 Å². The van der Waals surface area contributed by atoms with E-state index in [4.69, 9.17) is 4.74 Å². The van der Waals surface area contributed by atoms with Crippen LogP contribution >= 0.6 is 0 Å². The average Bonchev–Trinajstić information content (AvgIpc) is 3.22. The van der Waals surface area contributed by atoms with Gasteiger partial charge in [0.25, 0.3) is 5.91 Å². The third-order valence-corrected chi connectivity index (χ3v) is 6.79. The van der Waals surface area contributed by atoms with Gasteiger partial charge in [0.2, 0.25) is 0 Å². The summed E-state index contributed by atoms with van der Waals surface area (Å²) < 4.78 is 21.8. The van der Waals surface area contributed by atoms with E-state index in [1.165, 1.54) is 6.07 Å². The van der Waals surface area contributed by atoms with Crippen LogP contribution in [-0.2, 0) is 4.74 Å². The predicted octanol–water partition coefficient (Wildman–Crippen LogP) is 5.12. The van der Waals surface area contributed by atoms with E-state index in [0.29, 0.717) is 46.8 Å². The van der Waals surface area contributed by atoms with Crippen LogP contribution in [0.3, 0.4) is 0 Å². The number of benzene rings is 1. The van der Waals surface area contributed by atoms with Crippen molar-refractivity contribution in [2.75, 3.05) is 23.3 Å². The third kappa shape index (κ3) is 5.28. The Kier molecular flexibility index (Phi) is 6.85. The number of hydrogen-bond acceptors (Lipinski definition) is 7. The Labute approximate surface area is 232 Å². The van der Waals surface area contributed by atoms with E-state index in [1.54, 1.807) is 40.9 Å². The van der Waals surface area contributed by atoms with Crippen LogP contribution < -0.4 is 10.2 Å². The zero-order chi connectivity index (χ0) is 28.9. The average molecular weight is 548 g/mol.